The molecule has 4 heteroatoms. The maximum atomic E-state index is 12.0. The average molecular weight is 256 g/mol. The Balaban J connectivity index is 2.28. The number of amides is 1. The second kappa shape index (κ2) is 7.74. The first kappa shape index (κ1) is 15.4. The molecule has 0 spiro atoms. The van der Waals surface area contributed by atoms with Crippen LogP contribution in [0.15, 0.2) is 0 Å². The lowest BCUT2D eigenvalue weighted by Crippen LogP contribution is -2.48. The van der Waals surface area contributed by atoms with Gasteiger partial charge in [0.05, 0.1) is 12.1 Å². The molecule has 1 unspecified atom stereocenters. The van der Waals surface area contributed by atoms with E-state index in [2.05, 4.69) is 20.8 Å². The third-order valence-corrected chi connectivity index (χ3v) is 3.34. The van der Waals surface area contributed by atoms with E-state index in [4.69, 9.17) is 10.5 Å². The molecule has 0 aromatic heterocycles. The van der Waals surface area contributed by atoms with Gasteiger partial charge < -0.3 is 15.4 Å². The third-order valence-electron chi connectivity index (χ3n) is 3.34. The molecular formula is C14H28N2O2. The highest BCUT2D eigenvalue weighted by Gasteiger charge is 2.26. The van der Waals surface area contributed by atoms with Crippen LogP contribution < -0.4 is 5.73 Å². The molecule has 0 radical (unpaired) electrons. The van der Waals surface area contributed by atoms with Crippen LogP contribution in [0.2, 0.25) is 0 Å². The zero-order valence-electron chi connectivity index (χ0n) is 12.0. The number of piperidine rings is 1. The molecule has 1 rings (SSSR count). The van der Waals surface area contributed by atoms with Crippen molar-refractivity contribution in [3.05, 3.63) is 0 Å². The van der Waals surface area contributed by atoms with E-state index < -0.39 is 0 Å². The highest BCUT2D eigenvalue weighted by molar-refractivity contribution is 5.81. The highest BCUT2D eigenvalue weighted by Crippen LogP contribution is 2.16. The van der Waals surface area contributed by atoms with Gasteiger partial charge in [-0.1, -0.05) is 27.2 Å². The zero-order valence-corrected chi connectivity index (χ0v) is 12.0. The molecule has 1 amide bonds. The lowest BCUT2D eigenvalue weighted by molar-refractivity contribution is -0.135. The Labute approximate surface area is 111 Å². The minimum Gasteiger partial charge on any atom is -0.378 e. The Hall–Kier alpha value is -0.610. The number of carbonyl (C=O) groups excluding carboxylic acids is 1. The molecule has 18 heavy (non-hydrogen) atoms. The van der Waals surface area contributed by atoms with Crippen molar-refractivity contribution in [1.29, 1.82) is 0 Å². The fourth-order valence-corrected chi connectivity index (χ4v) is 2.24. The van der Waals surface area contributed by atoms with Gasteiger partial charge in [-0.3, -0.25) is 4.79 Å². The number of nitrogens with zero attached hydrogens (tertiary/aromatic N) is 1. The number of nitrogens with two attached hydrogens (primary N) is 1. The van der Waals surface area contributed by atoms with E-state index in [1.807, 2.05) is 4.90 Å². The largest absolute Gasteiger partial charge is 0.378 e. The van der Waals surface area contributed by atoms with Crippen LogP contribution in [0, 0.1) is 5.92 Å². The average Bonchev–Trinajstić information content (AvgIpc) is 2.36. The lowest BCUT2D eigenvalue weighted by Gasteiger charge is -2.33. The molecule has 0 aromatic rings. The fourth-order valence-electron chi connectivity index (χ4n) is 2.24. The van der Waals surface area contributed by atoms with Gasteiger partial charge in [0, 0.05) is 19.7 Å². The van der Waals surface area contributed by atoms with Gasteiger partial charge in [0.1, 0.15) is 0 Å². The Morgan fingerprint density at radius 1 is 1.39 bits per heavy atom. The molecule has 1 heterocycles. The van der Waals surface area contributed by atoms with Gasteiger partial charge in [-0.05, 0) is 25.2 Å². The quantitative estimate of drug-likeness (QED) is 0.788. The number of hydrogen-bond acceptors (Lipinski definition) is 3. The van der Waals surface area contributed by atoms with Gasteiger partial charge in [-0.2, -0.15) is 0 Å². The molecule has 1 fully saturated rings. The smallest absolute Gasteiger partial charge is 0.239 e. The van der Waals surface area contributed by atoms with E-state index in [1.165, 1.54) is 0 Å². The standard InChI is InChI=1S/C14H28N2O2/c1-4-5-13(15)14(17)16-8-6-12(7-9-16)18-10-11(2)3/h11-13H,4-10,15H2,1-3H3. The van der Waals surface area contributed by atoms with Crippen LogP contribution in [-0.2, 0) is 9.53 Å². The predicted molar refractivity (Wildman–Crippen MR) is 73.3 cm³/mol. The van der Waals surface area contributed by atoms with Crippen molar-refractivity contribution < 1.29 is 9.53 Å². The summed E-state index contributed by atoms with van der Waals surface area (Å²) >= 11 is 0. The van der Waals surface area contributed by atoms with E-state index in [0.29, 0.717) is 12.0 Å². The highest BCUT2D eigenvalue weighted by atomic mass is 16.5. The van der Waals surface area contributed by atoms with Crippen molar-refractivity contribution in [2.24, 2.45) is 11.7 Å². The van der Waals surface area contributed by atoms with Crippen molar-refractivity contribution in [1.82, 2.24) is 4.90 Å². The van der Waals surface area contributed by atoms with E-state index in [-0.39, 0.29) is 11.9 Å². The Morgan fingerprint density at radius 2 is 2.00 bits per heavy atom. The SMILES string of the molecule is CCCC(N)C(=O)N1CCC(OCC(C)C)CC1. The Morgan fingerprint density at radius 3 is 2.50 bits per heavy atom. The minimum absolute atomic E-state index is 0.110. The molecular weight excluding hydrogens is 228 g/mol. The molecule has 1 aliphatic heterocycles. The van der Waals surface area contributed by atoms with E-state index in [1.54, 1.807) is 0 Å². The summed E-state index contributed by atoms with van der Waals surface area (Å²) in [6.45, 7) is 8.76. The summed E-state index contributed by atoms with van der Waals surface area (Å²) in [4.78, 5) is 13.9. The van der Waals surface area contributed by atoms with E-state index in [0.717, 1.165) is 45.4 Å². The normalized spacial score (nSPS) is 19.3. The second-order valence-electron chi connectivity index (χ2n) is 5.65. The fraction of sp³-hybridized carbons (Fsp3) is 0.929. The summed E-state index contributed by atoms with van der Waals surface area (Å²) in [7, 11) is 0. The molecule has 1 saturated heterocycles. The lowest BCUT2D eigenvalue weighted by atomic mass is 10.1. The van der Waals surface area contributed by atoms with E-state index in [9.17, 15) is 4.79 Å². The van der Waals surface area contributed by atoms with Crippen LogP contribution in [0.5, 0.6) is 0 Å². The molecule has 1 atom stereocenters. The molecule has 0 bridgehead atoms. The minimum atomic E-state index is -0.317. The predicted octanol–water partition coefficient (Wildman–Crippen LogP) is 1.78. The van der Waals surface area contributed by atoms with Crippen molar-refractivity contribution in [2.75, 3.05) is 19.7 Å². The molecule has 0 aromatic carbocycles. The van der Waals surface area contributed by atoms with Crippen molar-refractivity contribution in [2.45, 2.75) is 58.6 Å². The van der Waals surface area contributed by atoms with Crippen molar-refractivity contribution >= 4 is 5.91 Å². The summed E-state index contributed by atoms with van der Waals surface area (Å²) in [5.41, 5.74) is 5.87. The molecule has 106 valence electrons. The first-order chi connectivity index (χ1) is 8.54. The van der Waals surface area contributed by atoms with Crippen LogP contribution >= 0.6 is 0 Å². The molecule has 2 N–H and O–H groups in total. The summed E-state index contributed by atoms with van der Waals surface area (Å²) < 4.78 is 5.81. The summed E-state index contributed by atoms with van der Waals surface area (Å²) in [6, 6.07) is -0.317. The topological polar surface area (TPSA) is 55.6 Å². The van der Waals surface area contributed by atoms with Gasteiger partial charge in [0.2, 0.25) is 5.91 Å². The summed E-state index contributed by atoms with van der Waals surface area (Å²) in [5, 5.41) is 0. The van der Waals surface area contributed by atoms with Gasteiger partial charge in [0.15, 0.2) is 0 Å². The maximum absolute atomic E-state index is 12.0. The van der Waals surface area contributed by atoms with Crippen LogP contribution in [-0.4, -0.2) is 42.6 Å². The molecule has 0 aliphatic carbocycles. The Bertz CT molecular complexity index is 248. The maximum Gasteiger partial charge on any atom is 0.239 e. The molecule has 0 saturated carbocycles. The van der Waals surface area contributed by atoms with Gasteiger partial charge in [-0.25, -0.2) is 0 Å². The molecule has 4 nitrogen and oxygen atoms in total. The first-order valence-electron chi connectivity index (χ1n) is 7.20. The van der Waals surface area contributed by atoms with E-state index >= 15 is 0 Å². The van der Waals surface area contributed by atoms with Crippen molar-refractivity contribution in [3.8, 4) is 0 Å². The van der Waals surface area contributed by atoms with Gasteiger partial charge in [-0.15, -0.1) is 0 Å². The monoisotopic (exact) mass is 256 g/mol. The number of likely N-dealkylation sites (tertiary alicyclic amines) is 1. The van der Waals surface area contributed by atoms with Crippen LogP contribution in [0.3, 0.4) is 0 Å². The Kier molecular flexibility index (Phi) is 6.65. The second-order valence-corrected chi connectivity index (χ2v) is 5.65. The summed E-state index contributed by atoms with van der Waals surface area (Å²) in [6.07, 6.45) is 3.94. The summed E-state index contributed by atoms with van der Waals surface area (Å²) in [5.74, 6) is 0.682. The number of hydrogen-bond donors (Lipinski definition) is 1. The van der Waals surface area contributed by atoms with Crippen LogP contribution in [0.1, 0.15) is 46.5 Å². The number of rotatable bonds is 6. The van der Waals surface area contributed by atoms with Gasteiger partial charge in [0.25, 0.3) is 0 Å². The van der Waals surface area contributed by atoms with Crippen molar-refractivity contribution in [3.63, 3.8) is 0 Å². The molecule has 1 aliphatic rings. The number of carbonyl (C=O) groups is 1. The zero-order chi connectivity index (χ0) is 13.5. The van der Waals surface area contributed by atoms with Crippen LogP contribution in [0.4, 0.5) is 0 Å². The first-order valence-corrected chi connectivity index (χ1v) is 7.20. The third kappa shape index (κ3) is 4.94. The van der Waals surface area contributed by atoms with Gasteiger partial charge >= 0.3 is 0 Å². The van der Waals surface area contributed by atoms with Crippen LogP contribution in [0.25, 0.3) is 0 Å². The number of ether oxygens (including phenoxy) is 1.